The standard InChI is InChI=1S/C11H13F/c1-7-3-9-5-8(2)11(12)6-10(9)4-7/h5-7H,3-4H2,1-2H3. The first-order valence-electron chi connectivity index (χ1n) is 4.44. The average molecular weight is 164 g/mol. The maximum Gasteiger partial charge on any atom is 0.126 e. The van der Waals surface area contributed by atoms with E-state index < -0.39 is 0 Å². The van der Waals surface area contributed by atoms with E-state index in [2.05, 4.69) is 6.92 Å². The maximum absolute atomic E-state index is 13.1. The van der Waals surface area contributed by atoms with Crippen LogP contribution in [0.2, 0.25) is 0 Å². The highest BCUT2D eigenvalue weighted by Crippen LogP contribution is 2.28. The van der Waals surface area contributed by atoms with Crippen LogP contribution in [0.1, 0.15) is 23.6 Å². The van der Waals surface area contributed by atoms with Crippen LogP contribution < -0.4 is 0 Å². The van der Waals surface area contributed by atoms with Gasteiger partial charge in [-0.15, -0.1) is 0 Å². The first-order chi connectivity index (χ1) is 5.66. The summed E-state index contributed by atoms with van der Waals surface area (Å²) in [5.41, 5.74) is 3.34. The fourth-order valence-electron chi connectivity index (χ4n) is 1.99. The van der Waals surface area contributed by atoms with E-state index in [0.717, 1.165) is 18.4 Å². The summed E-state index contributed by atoms with van der Waals surface area (Å²) in [5.74, 6) is 0.643. The van der Waals surface area contributed by atoms with Crippen molar-refractivity contribution in [3.05, 3.63) is 34.6 Å². The fraction of sp³-hybridized carbons (Fsp3) is 0.455. The van der Waals surface area contributed by atoms with Crippen LogP contribution in [0.3, 0.4) is 0 Å². The minimum Gasteiger partial charge on any atom is -0.207 e. The Morgan fingerprint density at radius 1 is 1.25 bits per heavy atom. The van der Waals surface area contributed by atoms with Gasteiger partial charge >= 0.3 is 0 Å². The van der Waals surface area contributed by atoms with Gasteiger partial charge in [0.05, 0.1) is 0 Å². The quantitative estimate of drug-likeness (QED) is 0.553. The molecule has 0 radical (unpaired) electrons. The molecule has 0 nitrogen and oxygen atoms in total. The molecule has 1 atom stereocenters. The van der Waals surface area contributed by atoms with Crippen molar-refractivity contribution in [2.75, 3.05) is 0 Å². The number of aryl methyl sites for hydroxylation is 1. The van der Waals surface area contributed by atoms with Gasteiger partial charge < -0.3 is 0 Å². The Balaban J connectivity index is 2.48. The van der Waals surface area contributed by atoms with Gasteiger partial charge in [0.15, 0.2) is 0 Å². The van der Waals surface area contributed by atoms with Crippen LogP contribution in [0.5, 0.6) is 0 Å². The summed E-state index contributed by atoms with van der Waals surface area (Å²) >= 11 is 0. The molecule has 12 heavy (non-hydrogen) atoms. The van der Waals surface area contributed by atoms with Crippen molar-refractivity contribution in [1.29, 1.82) is 0 Å². The van der Waals surface area contributed by atoms with Crippen molar-refractivity contribution in [2.45, 2.75) is 26.7 Å². The SMILES string of the molecule is Cc1cc2c(cc1F)CC(C)C2. The molecule has 0 saturated heterocycles. The number of halogens is 1. The molecule has 0 fully saturated rings. The second-order valence-electron chi connectivity index (χ2n) is 3.88. The Bertz CT molecular complexity index is 284. The van der Waals surface area contributed by atoms with E-state index >= 15 is 0 Å². The largest absolute Gasteiger partial charge is 0.207 e. The van der Waals surface area contributed by atoms with Crippen LogP contribution in [0.25, 0.3) is 0 Å². The lowest BCUT2D eigenvalue weighted by Gasteiger charge is -2.01. The Labute approximate surface area is 72.4 Å². The summed E-state index contributed by atoms with van der Waals surface area (Å²) in [4.78, 5) is 0. The van der Waals surface area contributed by atoms with Gasteiger partial charge in [-0.1, -0.05) is 13.0 Å². The van der Waals surface area contributed by atoms with Crippen LogP contribution >= 0.6 is 0 Å². The third kappa shape index (κ3) is 1.13. The highest BCUT2D eigenvalue weighted by Gasteiger charge is 2.18. The highest BCUT2D eigenvalue weighted by molar-refractivity contribution is 5.36. The van der Waals surface area contributed by atoms with E-state index in [4.69, 9.17) is 0 Å². The summed E-state index contributed by atoms with van der Waals surface area (Å²) in [5, 5.41) is 0. The molecule has 0 amide bonds. The molecule has 64 valence electrons. The van der Waals surface area contributed by atoms with Crippen molar-refractivity contribution < 1.29 is 4.39 Å². The average Bonchev–Trinajstić information content (AvgIpc) is 2.30. The molecular weight excluding hydrogens is 151 g/mol. The van der Waals surface area contributed by atoms with Gasteiger partial charge in [0.1, 0.15) is 5.82 Å². The lowest BCUT2D eigenvalue weighted by atomic mass is 10.1. The molecule has 0 aliphatic heterocycles. The predicted octanol–water partition coefficient (Wildman–Crippen LogP) is 2.87. The second kappa shape index (κ2) is 2.58. The van der Waals surface area contributed by atoms with E-state index in [0.29, 0.717) is 5.92 Å². The molecule has 1 aromatic rings. The zero-order valence-corrected chi connectivity index (χ0v) is 7.52. The molecule has 1 aliphatic rings. The third-order valence-electron chi connectivity index (χ3n) is 2.62. The molecule has 0 aromatic heterocycles. The molecule has 2 rings (SSSR count). The fourth-order valence-corrected chi connectivity index (χ4v) is 1.99. The number of rotatable bonds is 0. The van der Waals surface area contributed by atoms with Crippen molar-refractivity contribution in [2.24, 2.45) is 5.92 Å². The van der Waals surface area contributed by atoms with Crippen LogP contribution in [-0.4, -0.2) is 0 Å². The Morgan fingerprint density at radius 2 is 1.83 bits per heavy atom. The van der Waals surface area contributed by atoms with Crippen LogP contribution in [0.15, 0.2) is 12.1 Å². The van der Waals surface area contributed by atoms with Gasteiger partial charge in [-0.05, 0) is 48.4 Å². The van der Waals surface area contributed by atoms with Crippen LogP contribution in [0.4, 0.5) is 4.39 Å². The highest BCUT2D eigenvalue weighted by atomic mass is 19.1. The molecule has 1 unspecified atom stereocenters. The van der Waals surface area contributed by atoms with Gasteiger partial charge in [0, 0.05) is 0 Å². The van der Waals surface area contributed by atoms with Gasteiger partial charge in [0.2, 0.25) is 0 Å². The van der Waals surface area contributed by atoms with Crippen molar-refractivity contribution >= 4 is 0 Å². The van der Waals surface area contributed by atoms with Crippen molar-refractivity contribution in [3.8, 4) is 0 Å². The Hall–Kier alpha value is -0.850. The lowest BCUT2D eigenvalue weighted by Crippen LogP contribution is -1.89. The van der Waals surface area contributed by atoms with E-state index in [1.54, 1.807) is 6.07 Å². The predicted molar refractivity (Wildman–Crippen MR) is 47.7 cm³/mol. The molecule has 1 heteroatoms. The van der Waals surface area contributed by atoms with E-state index in [1.165, 1.54) is 11.1 Å². The maximum atomic E-state index is 13.1. The normalized spacial score (nSPS) is 21.1. The van der Waals surface area contributed by atoms with Crippen LogP contribution in [0, 0.1) is 18.7 Å². The molecule has 1 aromatic carbocycles. The molecule has 0 spiro atoms. The first-order valence-corrected chi connectivity index (χ1v) is 4.44. The van der Waals surface area contributed by atoms with Gasteiger partial charge in [-0.25, -0.2) is 4.39 Å². The Morgan fingerprint density at radius 3 is 2.50 bits per heavy atom. The summed E-state index contributed by atoms with van der Waals surface area (Å²) in [6.45, 7) is 4.05. The first kappa shape index (κ1) is 7.78. The molecule has 0 N–H and O–H groups in total. The number of hydrogen-bond acceptors (Lipinski definition) is 0. The van der Waals surface area contributed by atoms with E-state index in [1.807, 2.05) is 13.0 Å². The van der Waals surface area contributed by atoms with Crippen molar-refractivity contribution in [1.82, 2.24) is 0 Å². The monoisotopic (exact) mass is 164 g/mol. The molecule has 0 heterocycles. The lowest BCUT2D eigenvalue weighted by molar-refractivity contribution is 0.613. The van der Waals surface area contributed by atoms with Gasteiger partial charge in [-0.3, -0.25) is 0 Å². The summed E-state index contributed by atoms with van der Waals surface area (Å²) in [6.07, 6.45) is 2.17. The number of benzene rings is 1. The zero-order chi connectivity index (χ0) is 8.72. The van der Waals surface area contributed by atoms with Crippen LogP contribution in [-0.2, 0) is 12.8 Å². The van der Waals surface area contributed by atoms with Gasteiger partial charge in [-0.2, -0.15) is 0 Å². The summed E-state index contributed by atoms with van der Waals surface area (Å²) < 4.78 is 13.1. The number of fused-ring (bicyclic) bond motifs is 1. The van der Waals surface area contributed by atoms with Crippen molar-refractivity contribution in [3.63, 3.8) is 0 Å². The minimum absolute atomic E-state index is 0.0529. The summed E-state index contributed by atoms with van der Waals surface area (Å²) in [7, 11) is 0. The molecule has 0 bridgehead atoms. The number of hydrogen-bond donors (Lipinski definition) is 0. The minimum atomic E-state index is -0.0529. The van der Waals surface area contributed by atoms with E-state index in [-0.39, 0.29) is 5.82 Å². The summed E-state index contributed by atoms with van der Waals surface area (Å²) in [6, 6.07) is 3.70. The molecule has 0 saturated carbocycles. The second-order valence-corrected chi connectivity index (χ2v) is 3.88. The smallest absolute Gasteiger partial charge is 0.126 e. The zero-order valence-electron chi connectivity index (χ0n) is 7.52. The topological polar surface area (TPSA) is 0 Å². The van der Waals surface area contributed by atoms with E-state index in [9.17, 15) is 4.39 Å². The molecular formula is C11H13F. The van der Waals surface area contributed by atoms with Gasteiger partial charge in [0.25, 0.3) is 0 Å². The Kier molecular flexibility index (Phi) is 1.67. The third-order valence-corrected chi connectivity index (χ3v) is 2.62. The molecule has 1 aliphatic carbocycles.